The average molecular weight is 120 g/mol. The molecule has 0 spiro atoms. The Hall–Kier alpha value is 0.310. The Balaban J connectivity index is 3.52. The van der Waals surface area contributed by atoms with Gasteiger partial charge in [0.2, 0.25) is 0 Å². The summed E-state index contributed by atoms with van der Waals surface area (Å²) in [6.45, 7) is 4.16. The molecule has 2 heteroatoms. The summed E-state index contributed by atoms with van der Waals surface area (Å²) < 4.78 is 0. The number of hydrogen-bond donors (Lipinski definition) is 0. The molecule has 0 radical (unpaired) electrons. The highest BCUT2D eigenvalue weighted by Gasteiger charge is 1.73. The van der Waals surface area contributed by atoms with Crippen LogP contribution < -0.4 is 0 Å². The third kappa shape index (κ3) is 2.54. The number of rotatable bonds is 1. The molecule has 0 aromatic carbocycles. The maximum atomic E-state index is 4.65. The second kappa shape index (κ2) is 3.50. The van der Waals surface area contributed by atoms with Crippen LogP contribution in [0.15, 0.2) is 0 Å². The van der Waals surface area contributed by atoms with Crippen LogP contribution in [0.2, 0.25) is 0 Å². The van der Waals surface area contributed by atoms with E-state index in [2.05, 4.69) is 25.0 Å². The van der Waals surface area contributed by atoms with E-state index < -0.39 is 0 Å². The highest BCUT2D eigenvalue weighted by molar-refractivity contribution is 8.17. The molecule has 0 heterocycles. The van der Waals surface area contributed by atoms with Gasteiger partial charge in [-0.15, -0.1) is 0 Å². The van der Waals surface area contributed by atoms with Crippen molar-refractivity contribution in [3.05, 3.63) is 0 Å². The van der Waals surface area contributed by atoms with Gasteiger partial charge in [0.1, 0.15) is 0 Å². The van der Waals surface area contributed by atoms with Crippen LogP contribution in [-0.2, 0) is 21.1 Å². The maximum Gasteiger partial charge on any atom is -0.00970 e. The molecule has 0 atom stereocenters. The van der Waals surface area contributed by atoms with E-state index in [1.165, 1.54) is 14.8 Å². The van der Waals surface area contributed by atoms with E-state index >= 15 is 0 Å². The maximum absolute atomic E-state index is 4.65. The fourth-order valence-corrected chi connectivity index (χ4v) is 0.530. The highest BCUT2D eigenvalue weighted by Crippen LogP contribution is 1.74. The predicted molar refractivity (Wildman–Crippen MR) is 35.7 cm³/mol. The third-order valence-corrected chi connectivity index (χ3v) is 2.07. The van der Waals surface area contributed by atoms with E-state index in [4.69, 9.17) is 0 Å². The fourth-order valence-electron chi connectivity index (χ4n) is 0.0589. The predicted octanol–water partition coefficient (Wildman–Crippen LogP) is 1.13. The molecule has 0 nitrogen and oxygen atoms in total. The summed E-state index contributed by atoms with van der Waals surface area (Å²) in [5.41, 5.74) is 0. The van der Waals surface area contributed by atoms with Gasteiger partial charge in [-0.2, -0.15) is 0 Å². The second-order valence-electron chi connectivity index (χ2n) is 1.14. The van der Waals surface area contributed by atoms with E-state index in [9.17, 15) is 0 Å². The van der Waals surface area contributed by atoms with Crippen LogP contribution in [0.4, 0.5) is 0 Å². The van der Waals surface area contributed by atoms with Gasteiger partial charge in [-0.3, -0.25) is 0 Å². The van der Waals surface area contributed by atoms with Crippen molar-refractivity contribution in [2.24, 2.45) is 0 Å². The van der Waals surface area contributed by atoms with E-state index in [-0.39, 0.29) is 0 Å². The van der Waals surface area contributed by atoms with Gasteiger partial charge >= 0.3 is 0 Å². The van der Waals surface area contributed by atoms with Crippen molar-refractivity contribution < 1.29 is 0 Å². The van der Waals surface area contributed by atoms with Crippen molar-refractivity contribution in [1.82, 2.24) is 0 Å². The van der Waals surface area contributed by atoms with Crippen molar-refractivity contribution in [2.75, 3.05) is 0 Å². The molecule has 0 aromatic heterocycles. The molecule has 0 amide bonds. The molecule has 0 N–H and O–H groups in total. The largest absolute Gasteiger partial charge is 0.0784 e. The first-order valence-corrected chi connectivity index (χ1v) is 3.67. The van der Waals surface area contributed by atoms with Crippen LogP contribution in [0, 0.1) is 0 Å². The van der Waals surface area contributed by atoms with Gasteiger partial charge in [0.25, 0.3) is 0 Å². The first-order chi connectivity index (χ1) is 2.81. The first-order valence-electron chi connectivity index (χ1n) is 1.93. The molecular formula is C4H8S2. The third-order valence-electron chi connectivity index (χ3n) is 0.640. The van der Waals surface area contributed by atoms with E-state index in [1.807, 2.05) is 0 Å². The summed E-state index contributed by atoms with van der Waals surface area (Å²) in [5, 5.41) is 0. The quantitative estimate of drug-likeness (QED) is 0.467. The van der Waals surface area contributed by atoms with Crippen molar-refractivity contribution in [3.63, 3.8) is 0 Å². The molecule has 0 rings (SSSR count). The van der Waals surface area contributed by atoms with Gasteiger partial charge in [-0.25, -0.2) is 0 Å². The van der Waals surface area contributed by atoms with Gasteiger partial charge in [0, 0.05) is 0 Å². The molecule has 0 aliphatic rings. The van der Waals surface area contributed by atoms with Crippen molar-refractivity contribution in [2.45, 2.75) is 20.3 Å². The summed E-state index contributed by atoms with van der Waals surface area (Å²) in [4.78, 5) is 1.32. The lowest BCUT2D eigenvalue weighted by atomic mass is 10.4. The van der Waals surface area contributed by atoms with Gasteiger partial charge in [-0.1, -0.05) is 16.8 Å². The Labute approximate surface area is 46.8 Å². The normalized spacial score (nSPS) is 7.67. The van der Waals surface area contributed by atoms with Gasteiger partial charge in [0.15, 0.2) is 0 Å². The lowest BCUT2D eigenvalue weighted by Gasteiger charge is -1.78. The summed E-state index contributed by atoms with van der Waals surface area (Å²) >= 11 is 4.65. The van der Waals surface area contributed by atoms with Gasteiger partial charge in [-0.05, 0) is 29.4 Å². The Bertz CT molecular complexity index is 79.5. The Morgan fingerprint density at radius 3 is 2.33 bits per heavy atom. The van der Waals surface area contributed by atoms with Gasteiger partial charge < -0.3 is 0 Å². The molecular weight excluding hydrogens is 112 g/mol. The summed E-state index contributed by atoms with van der Waals surface area (Å²) in [6.07, 6.45) is 1.11. The molecule has 0 fully saturated rings. The summed E-state index contributed by atoms with van der Waals surface area (Å²) in [6, 6.07) is 0. The Morgan fingerprint density at radius 1 is 1.83 bits per heavy atom. The van der Waals surface area contributed by atoms with Crippen molar-refractivity contribution in [3.8, 4) is 0 Å². The summed E-state index contributed by atoms with van der Waals surface area (Å²) in [7, 11) is 1.42. The SMILES string of the molecule is CCC(C)=S=S. The smallest absolute Gasteiger partial charge is 0.00970 e. The minimum atomic E-state index is 1.11. The van der Waals surface area contributed by atoms with Crippen LogP contribution in [0.25, 0.3) is 0 Å². The van der Waals surface area contributed by atoms with E-state index in [0.717, 1.165) is 6.42 Å². The highest BCUT2D eigenvalue weighted by atomic mass is 32.8. The lowest BCUT2D eigenvalue weighted by molar-refractivity contribution is 1.31. The zero-order valence-corrected chi connectivity index (χ0v) is 5.66. The molecule has 0 aromatic rings. The molecule has 0 saturated carbocycles. The molecule has 0 aliphatic heterocycles. The van der Waals surface area contributed by atoms with Crippen LogP contribution in [0.1, 0.15) is 20.3 Å². The zero-order chi connectivity index (χ0) is 4.99. The standard InChI is InChI=1S/C4H8S2/c1-3-4(2)6-5/h3H2,1-2H3. The molecule has 0 unspecified atom stereocenters. The van der Waals surface area contributed by atoms with Crippen LogP contribution in [0.5, 0.6) is 0 Å². The van der Waals surface area contributed by atoms with E-state index in [1.54, 1.807) is 0 Å². The Morgan fingerprint density at radius 2 is 2.33 bits per heavy atom. The molecule has 0 bridgehead atoms. The van der Waals surface area contributed by atoms with Crippen molar-refractivity contribution in [1.29, 1.82) is 0 Å². The second-order valence-corrected chi connectivity index (χ2v) is 2.50. The molecule has 36 valence electrons. The minimum absolute atomic E-state index is 1.11. The van der Waals surface area contributed by atoms with Crippen LogP contribution >= 0.6 is 0 Å². The lowest BCUT2D eigenvalue weighted by Crippen LogP contribution is -1.81. The average Bonchev–Trinajstić information content (AvgIpc) is 1.65. The van der Waals surface area contributed by atoms with Crippen LogP contribution in [-0.4, -0.2) is 4.86 Å². The topological polar surface area (TPSA) is 0 Å². The molecule has 0 aliphatic carbocycles. The fraction of sp³-hybridized carbons (Fsp3) is 0.750. The zero-order valence-electron chi connectivity index (χ0n) is 4.02. The van der Waals surface area contributed by atoms with Gasteiger partial charge in [0.05, 0.1) is 0 Å². The Kier molecular flexibility index (Phi) is 3.68. The number of hydrogen-bond acceptors (Lipinski definition) is 1. The van der Waals surface area contributed by atoms with E-state index in [0.29, 0.717) is 0 Å². The molecule has 6 heavy (non-hydrogen) atoms. The van der Waals surface area contributed by atoms with Crippen molar-refractivity contribution >= 4 is 26.0 Å². The minimum Gasteiger partial charge on any atom is -0.0784 e. The monoisotopic (exact) mass is 120 g/mol. The first kappa shape index (κ1) is 6.31. The summed E-state index contributed by atoms with van der Waals surface area (Å²) in [5.74, 6) is 0. The van der Waals surface area contributed by atoms with Crippen LogP contribution in [0.3, 0.4) is 0 Å². The molecule has 0 saturated heterocycles.